The summed E-state index contributed by atoms with van der Waals surface area (Å²) < 4.78 is 76.4. The molecule has 0 aromatic heterocycles. The number of nitrogens with zero attached hydrogens (tertiary/aromatic N) is 1. The summed E-state index contributed by atoms with van der Waals surface area (Å²) in [5, 5.41) is 9.34. The zero-order valence-electron chi connectivity index (χ0n) is 10.1. The molecule has 1 fully saturated rings. The van der Waals surface area contributed by atoms with E-state index in [0.29, 0.717) is 18.2 Å². The van der Waals surface area contributed by atoms with Crippen LogP contribution in [0.1, 0.15) is 17.5 Å². The van der Waals surface area contributed by atoms with Crippen molar-refractivity contribution in [1.82, 2.24) is 0 Å². The Labute approximate surface area is 110 Å². The first-order valence-electron chi connectivity index (χ1n) is 5.80. The third kappa shape index (κ3) is 3.00. The first-order chi connectivity index (χ1) is 9.09. The van der Waals surface area contributed by atoms with Crippen LogP contribution < -0.4 is 4.90 Å². The van der Waals surface area contributed by atoms with Gasteiger partial charge in [0.05, 0.1) is 17.2 Å². The van der Waals surface area contributed by atoms with E-state index in [1.807, 2.05) is 0 Å². The molecule has 2 nitrogen and oxygen atoms in total. The summed E-state index contributed by atoms with van der Waals surface area (Å²) in [5.41, 5.74) is -2.80. The Bertz CT molecular complexity index is 496. The average Bonchev–Trinajstić information content (AvgIpc) is 2.72. The highest BCUT2D eigenvalue weighted by Crippen LogP contribution is 2.41. The monoisotopic (exact) mass is 299 g/mol. The zero-order chi connectivity index (χ0) is 15.1. The van der Waals surface area contributed by atoms with E-state index in [1.54, 1.807) is 0 Å². The molecule has 1 N–H and O–H groups in total. The number of benzene rings is 1. The van der Waals surface area contributed by atoms with E-state index in [2.05, 4.69) is 0 Å². The summed E-state index contributed by atoms with van der Waals surface area (Å²) in [6.45, 7) is -0.0179. The second-order valence-electron chi connectivity index (χ2n) is 4.62. The van der Waals surface area contributed by atoms with E-state index < -0.39 is 35.3 Å². The summed E-state index contributed by atoms with van der Waals surface area (Å²) in [6, 6.07) is 1.34. The smallest absolute Gasteiger partial charge is 0.391 e. The molecule has 2 rings (SSSR count). The zero-order valence-corrected chi connectivity index (χ0v) is 10.1. The van der Waals surface area contributed by atoms with Crippen molar-refractivity contribution in [2.45, 2.75) is 24.9 Å². The number of aliphatic hydroxyl groups is 1. The molecule has 0 saturated carbocycles. The third-order valence-corrected chi connectivity index (χ3v) is 3.13. The fourth-order valence-electron chi connectivity index (χ4n) is 2.17. The van der Waals surface area contributed by atoms with Gasteiger partial charge in [0.2, 0.25) is 0 Å². The van der Waals surface area contributed by atoms with E-state index in [4.69, 9.17) is 0 Å². The Morgan fingerprint density at radius 3 is 2.15 bits per heavy atom. The maximum absolute atomic E-state index is 12.9. The quantitative estimate of drug-likeness (QED) is 0.804. The summed E-state index contributed by atoms with van der Waals surface area (Å²) >= 11 is 0. The molecule has 112 valence electrons. The summed E-state index contributed by atoms with van der Waals surface area (Å²) in [7, 11) is 0. The number of alkyl halides is 6. The van der Waals surface area contributed by atoms with Crippen molar-refractivity contribution >= 4 is 5.69 Å². The number of hydrogen-bond acceptors (Lipinski definition) is 2. The van der Waals surface area contributed by atoms with Gasteiger partial charge in [0.25, 0.3) is 0 Å². The van der Waals surface area contributed by atoms with Crippen LogP contribution in [0.5, 0.6) is 0 Å². The molecular weight excluding hydrogens is 288 g/mol. The Morgan fingerprint density at radius 1 is 1.05 bits per heavy atom. The van der Waals surface area contributed by atoms with Gasteiger partial charge in [0.1, 0.15) is 0 Å². The maximum atomic E-state index is 12.9. The normalized spacial score (nSPS) is 20.6. The first-order valence-corrected chi connectivity index (χ1v) is 5.80. The molecule has 0 spiro atoms. The lowest BCUT2D eigenvalue weighted by molar-refractivity contribution is -0.141. The number of β-amino-alcohol motifs (C(OH)–C–C–N with tert-alkyl or cyclic N) is 1. The number of hydrogen-bond donors (Lipinski definition) is 1. The predicted molar refractivity (Wildman–Crippen MR) is 59.3 cm³/mol. The molecule has 1 aliphatic heterocycles. The highest BCUT2D eigenvalue weighted by atomic mass is 19.4. The number of anilines is 1. The molecule has 1 atom stereocenters. The number of aliphatic hydroxyl groups excluding tert-OH is 1. The molecular formula is C12H11F6NO. The molecule has 1 aromatic carbocycles. The summed E-state index contributed by atoms with van der Waals surface area (Å²) in [5.74, 6) is 0. The fourth-order valence-corrected chi connectivity index (χ4v) is 2.17. The van der Waals surface area contributed by atoms with Crippen LogP contribution in [0.25, 0.3) is 0 Å². The van der Waals surface area contributed by atoms with Gasteiger partial charge in [-0.15, -0.1) is 0 Å². The van der Waals surface area contributed by atoms with Crippen molar-refractivity contribution in [2.75, 3.05) is 18.0 Å². The third-order valence-electron chi connectivity index (χ3n) is 3.13. The Kier molecular flexibility index (Phi) is 3.62. The lowest BCUT2D eigenvalue weighted by Crippen LogP contribution is -2.25. The molecule has 1 aliphatic rings. The average molecular weight is 299 g/mol. The Balaban J connectivity index is 2.49. The molecule has 1 heterocycles. The lowest BCUT2D eigenvalue weighted by atomic mass is 10.1. The first kappa shape index (κ1) is 15.0. The van der Waals surface area contributed by atoms with Crippen molar-refractivity contribution in [2.24, 2.45) is 0 Å². The van der Waals surface area contributed by atoms with E-state index in [9.17, 15) is 31.4 Å². The van der Waals surface area contributed by atoms with Gasteiger partial charge in [-0.05, 0) is 24.6 Å². The standard InChI is InChI=1S/C12H11F6NO/c13-11(14,15)7-1-2-9(12(16,17)18)10(5-7)19-4-3-8(20)6-19/h1-2,5,8,20H,3-4,6H2. The van der Waals surface area contributed by atoms with Crippen molar-refractivity contribution in [3.8, 4) is 0 Å². The Hall–Kier alpha value is -1.44. The van der Waals surface area contributed by atoms with Crippen LogP contribution >= 0.6 is 0 Å². The molecule has 0 amide bonds. The largest absolute Gasteiger partial charge is 0.418 e. The van der Waals surface area contributed by atoms with Crippen LogP contribution in [-0.2, 0) is 12.4 Å². The van der Waals surface area contributed by atoms with Gasteiger partial charge in [-0.2, -0.15) is 26.3 Å². The predicted octanol–water partition coefficient (Wildman–Crippen LogP) is 3.30. The van der Waals surface area contributed by atoms with E-state index in [1.165, 1.54) is 0 Å². The van der Waals surface area contributed by atoms with Crippen molar-refractivity contribution < 1.29 is 31.4 Å². The molecule has 0 aliphatic carbocycles. The van der Waals surface area contributed by atoms with E-state index in [-0.39, 0.29) is 19.5 Å². The molecule has 1 unspecified atom stereocenters. The SMILES string of the molecule is OC1CCN(c2cc(C(F)(F)F)ccc2C(F)(F)F)C1. The van der Waals surface area contributed by atoms with Crippen molar-refractivity contribution in [3.05, 3.63) is 29.3 Å². The van der Waals surface area contributed by atoms with Crippen LogP contribution in [0.2, 0.25) is 0 Å². The number of halogens is 6. The molecule has 20 heavy (non-hydrogen) atoms. The van der Waals surface area contributed by atoms with Crippen LogP contribution in [0.4, 0.5) is 32.0 Å². The molecule has 1 saturated heterocycles. The van der Waals surface area contributed by atoms with Crippen molar-refractivity contribution in [3.63, 3.8) is 0 Å². The minimum atomic E-state index is -4.74. The highest BCUT2D eigenvalue weighted by molar-refractivity contribution is 5.58. The summed E-state index contributed by atoms with van der Waals surface area (Å²) in [6.07, 6.45) is -10.1. The Morgan fingerprint density at radius 2 is 1.70 bits per heavy atom. The second-order valence-corrected chi connectivity index (χ2v) is 4.62. The minimum absolute atomic E-state index is 0.0888. The topological polar surface area (TPSA) is 23.5 Å². The van der Waals surface area contributed by atoms with Gasteiger partial charge in [-0.25, -0.2) is 0 Å². The van der Waals surface area contributed by atoms with Gasteiger partial charge < -0.3 is 10.0 Å². The molecule has 0 radical (unpaired) electrons. The van der Waals surface area contributed by atoms with Gasteiger partial charge in [0.15, 0.2) is 0 Å². The van der Waals surface area contributed by atoms with Crippen LogP contribution in [0.15, 0.2) is 18.2 Å². The fraction of sp³-hybridized carbons (Fsp3) is 0.500. The highest BCUT2D eigenvalue weighted by Gasteiger charge is 2.39. The van der Waals surface area contributed by atoms with E-state index >= 15 is 0 Å². The van der Waals surface area contributed by atoms with Crippen molar-refractivity contribution in [1.29, 1.82) is 0 Å². The summed E-state index contributed by atoms with van der Waals surface area (Å²) in [4.78, 5) is 1.13. The molecule has 8 heteroatoms. The maximum Gasteiger partial charge on any atom is 0.418 e. The van der Waals surface area contributed by atoms with Crippen LogP contribution in [0, 0.1) is 0 Å². The van der Waals surface area contributed by atoms with Gasteiger partial charge in [-0.1, -0.05) is 0 Å². The number of rotatable bonds is 1. The van der Waals surface area contributed by atoms with Gasteiger partial charge in [0, 0.05) is 18.8 Å². The molecule has 0 bridgehead atoms. The van der Waals surface area contributed by atoms with Gasteiger partial charge in [-0.3, -0.25) is 0 Å². The van der Waals surface area contributed by atoms with Crippen LogP contribution in [0.3, 0.4) is 0 Å². The van der Waals surface area contributed by atoms with Gasteiger partial charge >= 0.3 is 12.4 Å². The minimum Gasteiger partial charge on any atom is -0.391 e. The van der Waals surface area contributed by atoms with Crippen LogP contribution in [-0.4, -0.2) is 24.3 Å². The lowest BCUT2D eigenvalue weighted by Gasteiger charge is -2.24. The second kappa shape index (κ2) is 4.83. The van der Waals surface area contributed by atoms with E-state index in [0.717, 1.165) is 4.90 Å². The molecule has 1 aromatic rings.